The van der Waals surface area contributed by atoms with Crippen LogP contribution in [0.4, 0.5) is 0 Å². The third kappa shape index (κ3) is 3.67. The maximum Gasteiger partial charge on any atom is 0.237 e. The van der Waals surface area contributed by atoms with Gasteiger partial charge in [-0.3, -0.25) is 4.79 Å². The number of hydrogen-bond acceptors (Lipinski definition) is 4. The van der Waals surface area contributed by atoms with E-state index in [0.29, 0.717) is 6.42 Å². The minimum Gasteiger partial charge on any atom is -0.345 e. The van der Waals surface area contributed by atoms with Gasteiger partial charge in [0.2, 0.25) is 5.91 Å². The zero-order chi connectivity index (χ0) is 13.1. The highest BCUT2D eigenvalue weighted by atomic mass is 35.5. The lowest BCUT2D eigenvalue weighted by Crippen LogP contribution is -2.43. The summed E-state index contributed by atoms with van der Waals surface area (Å²) in [5, 5.41) is 7.30. The number of carbonyl (C=O) groups excluding carboxylic acids is 1. The summed E-state index contributed by atoms with van der Waals surface area (Å²) in [5.41, 5.74) is 5.82. The molecule has 1 aromatic heterocycles. The third-order valence-corrected chi connectivity index (χ3v) is 3.23. The van der Waals surface area contributed by atoms with Crippen molar-refractivity contribution < 1.29 is 4.79 Å². The molecule has 0 bridgehead atoms. The fraction of sp³-hybridized carbons (Fsp3) is 0.750. The van der Waals surface area contributed by atoms with Crippen LogP contribution in [0, 0.1) is 6.92 Å². The van der Waals surface area contributed by atoms with Crippen LogP contribution < -0.4 is 11.1 Å². The second-order valence-electron chi connectivity index (χ2n) is 4.84. The average molecular weight is 288 g/mol. The monoisotopic (exact) mass is 287 g/mol. The lowest BCUT2D eigenvalue weighted by molar-refractivity contribution is -0.123. The van der Waals surface area contributed by atoms with E-state index in [-0.39, 0.29) is 24.4 Å². The molecule has 0 aliphatic carbocycles. The molecule has 0 spiro atoms. The summed E-state index contributed by atoms with van der Waals surface area (Å²) in [7, 11) is 0. The predicted octanol–water partition coefficient (Wildman–Crippen LogP) is 1.09. The first-order valence-corrected chi connectivity index (χ1v) is 6.59. The Hall–Kier alpha value is -1.14. The van der Waals surface area contributed by atoms with Crippen LogP contribution in [-0.2, 0) is 11.3 Å². The van der Waals surface area contributed by atoms with Crippen molar-refractivity contribution in [2.24, 2.45) is 5.73 Å². The Kier molecular flexibility index (Phi) is 5.75. The molecule has 1 aromatic rings. The van der Waals surface area contributed by atoms with Gasteiger partial charge in [0, 0.05) is 6.54 Å². The highest BCUT2D eigenvalue weighted by Crippen LogP contribution is 2.22. The van der Waals surface area contributed by atoms with Gasteiger partial charge in [0.15, 0.2) is 0 Å². The van der Waals surface area contributed by atoms with Crippen molar-refractivity contribution in [2.75, 3.05) is 0 Å². The van der Waals surface area contributed by atoms with Crippen molar-refractivity contribution >= 4 is 18.3 Å². The number of nitrogens with zero attached hydrogens (tertiary/aromatic N) is 3. The molecule has 0 radical (unpaired) electrons. The second-order valence-corrected chi connectivity index (χ2v) is 4.84. The zero-order valence-electron chi connectivity index (χ0n) is 11.4. The minimum atomic E-state index is -0.422. The van der Waals surface area contributed by atoms with Crippen LogP contribution in [0.1, 0.15) is 50.3 Å². The number of rotatable bonds is 4. The predicted molar refractivity (Wildman–Crippen MR) is 75.0 cm³/mol. The van der Waals surface area contributed by atoms with Crippen molar-refractivity contribution in [1.29, 1.82) is 0 Å². The molecule has 1 aliphatic rings. The average Bonchev–Trinajstić information content (AvgIpc) is 2.71. The fourth-order valence-electron chi connectivity index (χ4n) is 2.33. The van der Waals surface area contributed by atoms with Crippen LogP contribution in [0.25, 0.3) is 0 Å². The van der Waals surface area contributed by atoms with E-state index in [1.165, 1.54) is 0 Å². The normalized spacial score (nSPS) is 19.2. The minimum absolute atomic E-state index is 0. The van der Waals surface area contributed by atoms with Crippen molar-refractivity contribution in [2.45, 2.75) is 58.2 Å². The number of aromatic nitrogens is 3. The van der Waals surface area contributed by atoms with E-state index in [0.717, 1.165) is 37.5 Å². The highest BCUT2D eigenvalue weighted by Gasteiger charge is 2.26. The molecule has 3 N–H and O–H groups in total. The number of aryl methyl sites for hydroxylation is 2. The number of hydrogen-bond donors (Lipinski definition) is 2. The molecule has 2 heterocycles. The lowest BCUT2D eigenvalue weighted by Gasteiger charge is -2.24. The van der Waals surface area contributed by atoms with E-state index >= 15 is 0 Å². The van der Waals surface area contributed by atoms with Crippen LogP contribution in [0.5, 0.6) is 0 Å². The quantitative estimate of drug-likeness (QED) is 0.868. The summed E-state index contributed by atoms with van der Waals surface area (Å²) < 4.78 is 1.88. The maximum atomic E-state index is 11.9. The van der Waals surface area contributed by atoms with Crippen molar-refractivity contribution in [3.8, 4) is 0 Å². The van der Waals surface area contributed by atoms with Crippen molar-refractivity contribution in [1.82, 2.24) is 20.1 Å². The molecule has 19 heavy (non-hydrogen) atoms. The van der Waals surface area contributed by atoms with Crippen molar-refractivity contribution in [3.05, 3.63) is 11.6 Å². The first-order chi connectivity index (χ1) is 8.61. The zero-order valence-corrected chi connectivity index (χ0v) is 12.2. The topological polar surface area (TPSA) is 85.8 Å². The van der Waals surface area contributed by atoms with Gasteiger partial charge in [-0.15, -0.1) is 12.4 Å². The Morgan fingerprint density at radius 2 is 2.37 bits per heavy atom. The fourth-order valence-corrected chi connectivity index (χ4v) is 2.33. The molecule has 2 unspecified atom stereocenters. The van der Waals surface area contributed by atoms with Crippen LogP contribution in [0.2, 0.25) is 0 Å². The molecule has 1 amide bonds. The molecular weight excluding hydrogens is 266 g/mol. The number of nitrogens with one attached hydrogen (secondary N) is 1. The Morgan fingerprint density at radius 3 is 3.05 bits per heavy atom. The Bertz CT molecular complexity index is 434. The maximum absolute atomic E-state index is 11.9. The van der Waals surface area contributed by atoms with Gasteiger partial charge >= 0.3 is 0 Å². The second kappa shape index (κ2) is 6.86. The molecule has 0 saturated heterocycles. The smallest absolute Gasteiger partial charge is 0.237 e. The molecule has 7 heteroatoms. The Balaban J connectivity index is 0.00000180. The Morgan fingerprint density at radius 1 is 1.63 bits per heavy atom. The van der Waals surface area contributed by atoms with Gasteiger partial charge in [0.1, 0.15) is 11.6 Å². The van der Waals surface area contributed by atoms with Gasteiger partial charge in [0.05, 0.1) is 12.1 Å². The number of fused-ring (bicyclic) bond motifs is 1. The van der Waals surface area contributed by atoms with E-state index in [2.05, 4.69) is 15.4 Å². The van der Waals surface area contributed by atoms with Crippen LogP contribution in [-0.4, -0.2) is 26.7 Å². The molecule has 0 saturated carbocycles. The number of amides is 1. The van der Waals surface area contributed by atoms with Gasteiger partial charge < -0.3 is 11.1 Å². The summed E-state index contributed by atoms with van der Waals surface area (Å²) in [6, 6.07) is -0.468. The summed E-state index contributed by atoms with van der Waals surface area (Å²) in [6.07, 6.45) is 3.53. The largest absolute Gasteiger partial charge is 0.345 e. The molecule has 1 aliphatic heterocycles. The van der Waals surface area contributed by atoms with E-state index in [9.17, 15) is 4.79 Å². The molecule has 0 fully saturated rings. The van der Waals surface area contributed by atoms with Gasteiger partial charge in [-0.25, -0.2) is 9.67 Å². The first kappa shape index (κ1) is 15.9. The van der Waals surface area contributed by atoms with Gasteiger partial charge in [-0.1, -0.05) is 13.3 Å². The summed E-state index contributed by atoms with van der Waals surface area (Å²) in [5.74, 6) is 1.52. The van der Waals surface area contributed by atoms with E-state index < -0.39 is 6.04 Å². The number of carbonyl (C=O) groups is 1. The molecule has 0 aromatic carbocycles. The van der Waals surface area contributed by atoms with Crippen LogP contribution in [0.3, 0.4) is 0 Å². The molecule has 6 nitrogen and oxygen atoms in total. The Labute approximate surface area is 119 Å². The highest BCUT2D eigenvalue weighted by molar-refractivity contribution is 5.85. The van der Waals surface area contributed by atoms with Gasteiger partial charge in [-0.05, 0) is 26.2 Å². The van der Waals surface area contributed by atoms with Crippen LogP contribution >= 0.6 is 12.4 Å². The van der Waals surface area contributed by atoms with Gasteiger partial charge in [-0.2, -0.15) is 5.10 Å². The summed E-state index contributed by atoms with van der Waals surface area (Å²) in [4.78, 5) is 16.3. The van der Waals surface area contributed by atoms with Crippen LogP contribution in [0.15, 0.2) is 0 Å². The lowest BCUT2D eigenvalue weighted by atomic mass is 10.1. The van der Waals surface area contributed by atoms with E-state index in [1.807, 2.05) is 18.5 Å². The summed E-state index contributed by atoms with van der Waals surface area (Å²) in [6.45, 7) is 4.77. The number of nitrogens with two attached hydrogens (primary N) is 1. The standard InChI is InChI=1S/C12H21N5O.ClH/c1-3-5-9(13)12(18)15-10-6-4-7-17-11(10)14-8(2)16-17;/h9-10H,3-7,13H2,1-2H3,(H,15,18);1H. The molecule has 2 rings (SSSR count). The number of halogens is 1. The first-order valence-electron chi connectivity index (χ1n) is 6.59. The van der Waals surface area contributed by atoms with E-state index in [1.54, 1.807) is 0 Å². The van der Waals surface area contributed by atoms with E-state index in [4.69, 9.17) is 5.73 Å². The molecular formula is C12H22ClN5O. The van der Waals surface area contributed by atoms with Gasteiger partial charge in [0.25, 0.3) is 0 Å². The van der Waals surface area contributed by atoms with Crippen molar-refractivity contribution in [3.63, 3.8) is 0 Å². The summed E-state index contributed by atoms with van der Waals surface area (Å²) >= 11 is 0. The molecule has 2 atom stereocenters. The third-order valence-electron chi connectivity index (χ3n) is 3.23. The molecule has 108 valence electrons. The SMILES string of the molecule is CCCC(N)C(=O)NC1CCCn2nc(C)nc21.Cl.